The van der Waals surface area contributed by atoms with Crippen LogP contribution in [0.3, 0.4) is 0 Å². The molecule has 8 nitrogen and oxygen atoms in total. The Kier molecular flexibility index (Phi) is 10.8. The van der Waals surface area contributed by atoms with Gasteiger partial charge in [-0.2, -0.15) is 13.2 Å². The van der Waals surface area contributed by atoms with Crippen LogP contribution in [0.25, 0.3) is 0 Å². The molecule has 14 heteroatoms. The predicted octanol–water partition coefficient (Wildman–Crippen LogP) is 3.45. The number of nitrogens with one attached hydrogen (secondary N) is 2. The third-order valence-corrected chi connectivity index (χ3v) is 3.77. The normalized spacial score (nSPS) is 12.5. The molecule has 0 aromatic carbocycles. The van der Waals surface area contributed by atoms with Crippen LogP contribution >= 0.6 is 0 Å². The number of allylic oxidation sites excluding steroid dienone is 2. The number of rotatable bonds is 12. The highest BCUT2D eigenvalue weighted by Crippen LogP contribution is 2.28. The molecule has 0 spiro atoms. The van der Waals surface area contributed by atoms with Crippen molar-refractivity contribution in [2.24, 2.45) is 5.73 Å². The highest BCUT2D eigenvalue weighted by atomic mass is 19.4. The van der Waals surface area contributed by atoms with Crippen molar-refractivity contribution in [1.29, 1.82) is 0 Å². The Bertz CT molecular complexity index is 970. The fourth-order valence-electron chi connectivity index (χ4n) is 2.23. The van der Waals surface area contributed by atoms with Crippen molar-refractivity contribution in [3.63, 3.8) is 0 Å². The van der Waals surface area contributed by atoms with Crippen molar-refractivity contribution < 1.29 is 45.4 Å². The number of pyridine rings is 1. The lowest BCUT2D eigenvalue weighted by Crippen LogP contribution is -2.30. The summed E-state index contributed by atoms with van der Waals surface area (Å²) in [5.41, 5.74) is 4.32. The number of nitrogens with two attached hydrogens (primary N) is 1. The monoisotopic (exact) mass is 508 g/mol. The minimum atomic E-state index is -4.93. The van der Waals surface area contributed by atoms with Gasteiger partial charge in [0.05, 0.1) is 11.9 Å². The summed E-state index contributed by atoms with van der Waals surface area (Å²) in [6.45, 7) is 6.32. The van der Waals surface area contributed by atoms with Gasteiger partial charge in [0.25, 0.3) is 5.91 Å². The molecule has 2 amide bonds. The minimum absolute atomic E-state index is 0.0431. The van der Waals surface area contributed by atoms with Gasteiger partial charge in [-0.3, -0.25) is 9.59 Å². The van der Waals surface area contributed by atoms with E-state index in [2.05, 4.69) is 33.5 Å². The Morgan fingerprint density at radius 3 is 2.40 bits per heavy atom. The van der Waals surface area contributed by atoms with Crippen molar-refractivity contribution in [3.05, 3.63) is 72.6 Å². The van der Waals surface area contributed by atoms with Crippen LogP contribution in [-0.4, -0.2) is 36.3 Å². The van der Waals surface area contributed by atoms with Crippen molar-refractivity contribution >= 4 is 11.8 Å². The quantitative estimate of drug-likeness (QED) is 0.172. The second-order valence-electron chi connectivity index (χ2n) is 6.61. The van der Waals surface area contributed by atoms with Gasteiger partial charge < -0.3 is 25.8 Å². The molecule has 0 radical (unpaired) electrons. The summed E-state index contributed by atoms with van der Waals surface area (Å²) in [5, 5.41) is 4.85. The standard InChI is InChI=1S/C21H22F6N4O4/c1-3-16(35-21(25,26)27)15(28)5-4-6-18(32)29-10-9-13(2)31-19(33)12-34-14-7-8-17(30-11-14)20(22,23)24/h3-4,6-8,11H,1-2,5,9-10,12,28H2,(H,29,32)(H,31,33)/b6-4+,16-15+. The third-order valence-electron chi connectivity index (χ3n) is 3.77. The molecule has 1 heterocycles. The maximum Gasteiger partial charge on any atom is 0.573 e. The first kappa shape index (κ1) is 29.1. The highest BCUT2D eigenvalue weighted by Gasteiger charge is 2.32. The summed E-state index contributed by atoms with van der Waals surface area (Å²) in [7, 11) is 0. The summed E-state index contributed by atoms with van der Waals surface area (Å²) in [5.74, 6) is -1.93. The number of hydrogen-bond donors (Lipinski definition) is 3. The summed E-state index contributed by atoms with van der Waals surface area (Å²) >= 11 is 0. The van der Waals surface area contributed by atoms with E-state index in [0.717, 1.165) is 24.4 Å². The van der Waals surface area contributed by atoms with Crippen LogP contribution in [0.4, 0.5) is 26.3 Å². The first-order chi connectivity index (χ1) is 16.2. The van der Waals surface area contributed by atoms with Crippen LogP contribution in [-0.2, 0) is 20.5 Å². The summed E-state index contributed by atoms with van der Waals surface area (Å²) < 4.78 is 82.8. The van der Waals surface area contributed by atoms with Crippen molar-refractivity contribution in [3.8, 4) is 5.75 Å². The zero-order valence-electron chi connectivity index (χ0n) is 18.1. The maximum absolute atomic E-state index is 12.5. The van der Waals surface area contributed by atoms with E-state index in [1.54, 1.807) is 0 Å². The number of nitrogens with zero attached hydrogens (tertiary/aromatic N) is 1. The van der Waals surface area contributed by atoms with E-state index >= 15 is 0 Å². The van der Waals surface area contributed by atoms with Gasteiger partial charge in [-0.25, -0.2) is 4.98 Å². The third kappa shape index (κ3) is 12.2. The number of ether oxygens (including phenoxy) is 2. The Balaban J connectivity index is 2.35. The number of alkyl halides is 6. The summed E-state index contributed by atoms with van der Waals surface area (Å²) in [6, 6.07) is 1.73. The van der Waals surface area contributed by atoms with Crippen LogP contribution in [0.5, 0.6) is 5.75 Å². The minimum Gasteiger partial charge on any atom is -0.482 e. The van der Waals surface area contributed by atoms with Gasteiger partial charge in [0.1, 0.15) is 17.2 Å². The zero-order valence-corrected chi connectivity index (χ0v) is 18.1. The molecule has 0 aliphatic carbocycles. The highest BCUT2D eigenvalue weighted by molar-refractivity contribution is 5.87. The molecule has 1 rings (SSSR count). The molecule has 0 aliphatic heterocycles. The van der Waals surface area contributed by atoms with E-state index in [1.807, 2.05) is 0 Å². The van der Waals surface area contributed by atoms with Crippen LogP contribution in [0.15, 0.2) is 66.9 Å². The largest absolute Gasteiger partial charge is 0.573 e. The van der Waals surface area contributed by atoms with Gasteiger partial charge >= 0.3 is 12.5 Å². The molecule has 192 valence electrons. The molecule has 0 atom stereocenters. The lowest BCUT2D eigenvalue weighted by molar-refractivity contribution is -0.303. The smallest absolute Gasteiger partial charge is 0.482 e. The van der Waals surface area contributed by atoms with E-state index in [9.17, 15) is 35.9 Å². The van der Waals surface area contributed by atoms with Crippen molar-refractivity contribution in [2.75, 3.05) is 13.2 Å². The zero-order chi connectivity index (χ0) is 26.6. The van der Waals surface area contributed by atoms with Gasteiger partial charge in [0, 0.05) is 25.1 Å². The molecule has 0 bridgehead atoms. The van der Waals surface area contributed by atoms with Gasteiger partial charge in [-0.1, -0.05) is 19.2 Å². The molecule has 0 unspecified atom stereocenters. The Labute approximate surface area is 196 Å². The first-order valence-corrected chi connectivity index (χ1v) is 9.66. The fourth-order valence-corrected chi connectivity index (χ4v) is 2.23. The Hall–Kier alpha value is -3.97. The first-order valence-electron chi connectivity index (χ1n) is 9.66. The molecule has 0 saturated heterocycles. The Morgan fingerprint density at radius 2 is 1.86 bits per heavy atom. The molecular weight excluding hydrogens is 486 g/mol. The van der Waals surface area contributed by atoms with Gasteiger partial charge in [0.15, 0.2) is 6.61 Å². The molecule has 35 heavy (non-hydrogen) atoms. The van der Waals surface area contributed by atoms with Gasteiger partial charge in [-0.05, 0) is 24.3 Å². The van der Waals surface area contributed by atoms with Gasteiger partial charge in [-0.15, -0.1) is 13.2 Å². The molecule has 0 aliphatic rings. The van der Waals surface area contributed by atoms with E-state index in [-0.39, 0.29) is 36.5 Å². The van der Waals surface area contributed by atoms with Crippen LogP contribution in [0, 0.1) is 0 Å². The Morgan fingerprint density at radius 1 is 1.17 bits per heavy atom. The van der Waals surface area contributed by atoms with Crippen molar-refractivity contribution in [1.82, 2.24) is 15.6 Å². The molecule has 0 saturated carbocycles. The summed E-state index contributed by atoms with van der Waals surface area (Å²) in [4.78, 5) is 26.8. The number of aromatic nitrogens is 1. The average molecular weight is 508 g/mol. The van der Waals surface area contributed by atoms with E-state index in [0.29, 0.717) is 6.07 Å². The van der Waals surface area contributed by atoms with E-state index < -0.39 is 42.4 Å². The van der Waals surface area contributed by atoms with Gasteiger partial charge in [0.2, 0.25) is 5.91 Å². The van der Waals surface area contributed by atoms with Crippen LogP contribution in [0.2, 0.25) is 0 Å². The van der Waals surface area contributed by atoms with Crippen LogP contribution in [0.1, 0.15) is 18.5 Å². The molecular formula is C21H22F6N4O4. The number of amides is 2. The molecule has 1 aromatic heterocycles. The maximum atomic E-state index is 12.5. The average Bonchev–Trinajstić information content (AvgIpc) is 2.75. The second-order valence-corrected chi connectivity index (χ2v) is 6.61. The fraction of sp³-hybridized carbons (Fsp3) is 0.286. The number of carbonyl (C=O) groups excluding carboxylic acids is 2. The van der Waals surface area contributed by atoms with Crippen LogP contribution < -0.4 is 21.1 Å². The van der Waals surface area contributed by atoms with E-state index in [4.69, 9.17) is 10.5 Å². The predicted molar refractivity (Wildman–Crippen MR) is 112 cm³/mol. The molecule has 4 N–H and O–H groups in total. The van der Waals surface area contributed by atoms with E-state index in [1.165, 1.54) is 6.08 Å². The second kappa shape index (κ2) is 13.1. The number of halogens is 6. The molecule has 1 aromatic rings. The topological polar surface area (TPSA) is 116 Å². The number of hydrogen-bond acceptors (Lipinski definition) is 6. The summed E-state index contributed by atoms with van der Waals surface area (Å²) in [6.07, 6.45) is -5.70. The van der Waals surface area contributed by atoms with Crippen molar-refractivity contribution in [2.45, 2.75) is 25.4 Å². The lowest BCUT2D eigenvalue weighted by Gasteiger charge is -2.11. The number of carbonyl (C=O) groups is 2. The SMILES string of the molecule is C=C/C(OC(F)(F)F)=C(\N)C/C=C/C(=O)NCCC(=C)NC(=O)COc1ccc(C(F)(F)F)nc1. The lowest BCUT2D eigenvalue weighted by atomic mass is 10.2. The molecule has 0 fully saturated rings.